The van der Waals surface area contributed by atoms with Crippen molar-refractivity contribution in [1.82, 2.24) is 19.6 Å². The summed E-state index contributed by atoms with van der Waals surface area (Å²) in [6.45, 7) is 13.4. The number of nitrogens with zero attached hydrogens (tertiary/aromatic N) is 5. The zero-order valence-electron chi connectivity index (χ0n) is 27.9. The summed E-state index contributed by atoms with van der Waals surface area (Å²) in [4.78, 5) is 54.8. The van der Waals surface area contributed by atoms with Gasteiger partial charge in [-0.15, -0.1) is 0 Å². The van der Waals surface area contributed by atoms with Crippen molar-refractivity contribution in [1.29, 1.82) is 0 Å². The molecule has 4 aliphatic rings. The van der Waals surface area contributed by atoms with E-state index in [1.165, 1.54) is 11.8 Å². The van der Waals surface area contributed by atoms with E-state index in [-0.39, 0.29) is 41.8 Å². The molecule has 6 rings (SSSR count). The lowest BCUT2D eigenvalue weighted by molar-refractivity contribution is -0.147. The fourth-order valence-electron chi connectivity index (χ4n) is 7.85. The van der Waals surface area contributed by atoms with Gasteiger partial charge < -0.3 is 19.6 Å². The van der Waals surface area contributed by atoms with Crippen molar-refractivity contribution in [3.8, 4) is 0 Å². The Bertz CT molecular complexity index is 1630. The molecule has 4 aliphatic heterocycles. The van der Waals surface area contributed by atoms with Crippen molar-refractivity contribution in [2.45, 2.75) is 90.5 Å². The second-order valence-corrected chi connectivity index (χ2v) is 15.4. The third-order valence-electron chi connectivity index (χ3n) is 10.2. The summed E-state index contributed by atoms with van der Waals surface area (Å²) in [5, 5.41) is 2.09. The molecule has 0 unspecified atom stereocenters. The number of rotatable bonds is 6. The summed E-state index contributed by atoms with van der Waals surface area (Å²) in [7, 11) is 0. The average molecular weight is 697 g/mol. The molecule has 250 valence electrons. The van der Waals surface area contributed by atoms with E-state index in [2.05, 4.69) is 32.6 Å². The van der Waals surface area contributed by atoms with Crippen LogP contribution < -0.4 is 0 Å². The van der Waals surface area contributed by atoms with Crippen molar-refractivity contribution >= 4 is 57.9 Å². The van der Waals surface area contributed by atoms with E-state index in [1.54, 1.807) is 6.92 Å². The molecule has 2 fully saturated rings. The van der Waals surface area contributed by atoms with Gasteiger partial charge in [0.15, 0.2) is 5.17 Å². The first-order valence-electron chi connectivity index (χ1n) is 16.6. The molecule has 47 heavy (non-hydrogen) atoms. The number of carbonyl (C=O) groups is 3. The highest BCUT2D eigenvalue weighted by Gasteiger charge is 2.54. The van der Waals surface area contributed by atoms with Crippen molar-refractivity contribution in [2.24, 2.45) is 10.9 Å². The van der Waals surface area contributed by atoms with Crippen LogP contribution in [0.4, 0.5) is 0 Å². The second-order valence-electron chi connectivity index (χ2n) is 13.6. The fraction of sp³-hybridized carbons (Fsp3) is 0.500. The summed E-state index contributed by atoms with van der Waals surface area (Å²) in [5.41, 5.74) is 2.33. The van der Waals surface area contributed by atoms with Gasteiger partial charge in [0.2, 0.25) is 11.8 Å². The van der Waals surface area contributed by atoms with Crippen LogP contribution in [-0.2, 0) is 19.9 Å². The maximum absolute atomic E-state index is 14.8. The standard InChI is InChI=1S/C36H43Cl2N5O3S/c1-7-28-16-17-29(33(45)40-18-19-41(23(5)44)22(4)20-40)42(28)34(46)31-30(21(2)3)43-32(24-8-12-26(37)13-9-24)36(6,39-35(43)47-31)25-10-14-27(38)15-11-25/h8-15,21-22,28-29,32H,7,16-20H2,1-6H3/t22-,28+,29-,32+,36-/m0/s1. The maximum Gasteiger partial charge on any atom is 0.263 e. The Labute approximate surface area is 292 Å². The van der Waals surface area contributed by atoms with E-state index in [9.17, 15) is 14.4 Å². The van der Waals surface area contributed by atoms with E-state index >= 15 is 0 Å². The highest BCUT2D eigenvalue weighted by Crippen LogP contribution is 2.56. The minimum absolute atomic E-state index is 0.00820. The van der Waals surface area contributed by atoms with Crippen LogP contribution in [0.1, 0.15) is 78.0 Å². The predicted octanol–water partition coefficient (Wildman–Crippen LogP) is 7.08. The van der Waals surface area contributed by atoms with Crippen LogP contribution in [0.2, 0.25) is 10.0 Å². The topological polar surface area (TPSA) is 76.5 Å². The summed E-state index contributed by atoms with van der Waals surface area (Å²) >= 11 is 14.0. The molecule has 11 heteroatoms. The quantitative estimate of drug-likeness (QED) is 0.323. The highest BCUT2D eigenvalue weighted by molar-refractivity contribution is 8.18. The number of allylic oxidation sites excluding steroid dienone is 1. The van der Waals surface area contributed by atoms with Gasteiger partial charge in [-0.2, -0.15) is 0 Å². The van der Waals surface area contributed by atoms with Crippen LogP contribution in [0, 0.1) is 5.92 Å². The van der Waals surface area contributed by atoms with Crippen LogP contribution >= 0.6 is 35.0 Å². The molecule has 0 aromatic heterocycles. The SMILES string of the molecule is CC[C@@H]1CC[C@@H](C(=O)N2CCN(C(C)=O)[C@@H](C)C2)N1C(=O)C1=C(C(C)C)N2C(=N[C@@](C)(c3ccc(Cl)cc3)[C@H]2c2ccc(Cl)cc2)S1. The highest BCUT2D eigenvalue weighted by atomic mass is 35.5. The number of aliphatic imine (C=N–C) groups is 1. The van der Waals surface area contributed by atoms with Gasteiger partial charge in [0.25, 0.3) is 5.91 Å². The van der Waals surface area contributed by atoms with Crippen LogP contribution in [0.3, 0.4) is 0 Å². The molecular weight excluding hydrogens is 653 g/mol. The van der Waals surface area contributed by atoms with Gasteiger partial charge in [-0.05, 0) is 86.2 Å². The van der Waals surface area contributed by atoms with Crippen molar-refractivity contribution in [2.75, 3.05) is 19.6 Å². The molecule has 0 aliphatic carbocycles. The molecule has 5 atom stereocenters. The van der Waals surface area contributed by atoms with Crippen LogP contribution in [0.25, 0.3) is 0 Å². The number of hydrogen-bond donors (Lipinski definition) is 0. The lowest BCUT2D eigenvalue weighted by atomic mass is 9.81. The average Bonchev–Trinajstić information content (AvgIpc) is 3.71. The zero-order valence-corrected chi connectivity index (χ0v) is 30.2. The zero-order chi connectivity index (χ0) is 33.8. The minimum Gasteiger partial charge on any atom is -0.337 e. The van der Waals surface area contributed by atoms with Crippen molar-refractivity contribution in [3.63, 3.8) is 0 Å². The predicted molar refractivity (Wildman–Crippen MR) is 189 cm³/mol. The summed E-state index contributed by atoms with van der Waals surface area (Å²) in [5.74, 6) is -0.0932. The van der Waals surface area contributed by atoms with Gasteiger partial charge >= 0.3 is 0 Å². The van der Waals surface area contributed by atoms with E-state index in [0.717, 1.165) is 34.8 Å². The van der Waals surface area contributed by atoms with E-state index in [1.807, 2.05) is 70.2 Å². The number of likely N-dealkylation sites (tertiary alicyclic amines) is 1. The number of piperazine rings is 1. The summed E-state index contributed by atoms with van der Waals surface area (Å²) in [6.07, 6.45) is 2.18. The normalized spacial score (nSPS) is 27.6. The molecule has 3 amide bonds. The lowest BCUT2D eigenvalue weighted by Crippen LogP contribution is -2.58. The molecule has 4 heterocycles. The number of benzene rings is 2. The monoisotopic (exact) mass is 695 g/mol. The molecule has 0 radical (unpaired) electrons. The van der Waals surface area contributed by atoms with Crippen molar-refractivity contribution in [3.05, 3.63) is 80.3 Å². The molecule has 0 bridgehead atoms. The van der Waals surface area contributed by atoms with Gasteiger partial charge in [-0.25, -0.2) is 4.99 Å². The third-order valence-corrected chi connectivity index (χ3v) is 11.8. The van der Waals surface area contributed by atoms with Gasteiger partial charge in [0.1, 0.15) is 16.5 Å². The summed E-state index contributed by atoms with van der Waals surface area (Å²) < 4.78 is 0. The molecule has 8 nitrogen and oxygen atoms in total. The second kappa shape index (κ2) is 13.1. The Morgan fingerprint density at radius 3 is 2.21 bits per heavy atom. The lowest BCUT2D eigenvalue weighted by Gasteiger charge is -2.41. The minimum atomic E-state index is -0.660. The molecule has 0 N–H and O–H groups in total. The maximum atomic E-state index is 14.8. The Morgan fingerprint density at radius 2 is 1.64 bits per heavy atom. The largest absolute Gasteiger partial charge is 0.337 e. The van der Waals surface area contributed by atoms with E-state index in [0.29, 0.717) is 41.0 Å². The van der Waals surface area contributed by atoms with E-state index < -0.39 is 11.6 Å². The Balaban J connectivity index is 1.37. The van der Waals surface area contributed by atoms with Crippen LogP contribution in [-0.4, -0.2) is 80.2 Å². The van der Waals surface area contributed by atoms with Crippen LogP contribution in [0.5, 0.6) is 0 Å². The Hall–Kier alpha value is -3.01. The van der Waals surface area contributed by atoms with Gasteiger partial charge in [-0.1, -0.05) is 68.2 Å². The number of amides is 3. The molecule has 2 aromatic carbocycles. The number of thioether (sulfide) groups is 1. The molecule has 2 saturated heterocycles. The number of fused-ring (bicyclic) bond motifs is 1. The first-order valence-corrected chi connectivity index (χ1v) is 18.1. The molecular formula is C36H43Cl2N5O3S. The van der Waals surface area contributed by atoms with Crippen LogP contribution in [0.15, 0.2) is 64.1 Å². The number of amidine groups is 1. The fourth-order valence-corrected chi connectivity index (χ4v) is 9.46. The molecule has 0 saturated carbocycles. The van der Waals surface area contributed by atoms with Gasteiger partial charge in [0, 0.05) is 54.4 Å². The Morgan fingerprint density at radius 1 is 1.00 bits per heavy atom. The van der Waals surface area contributed by atoms with E-state index in [4.69, 9.17) is 28.2 Å². The number of halogens is 2. The smallest absolute Gasteiger partial charge is 0.263 e. The van der Waals surface area contributed by atoms with Gasteiger partial charge in [0.05, 0.1) is 6.04 Å². The third kappa shape index (κ3) is 5.97. The molecule has 2 aromatic rings. The summed E-state index contributed by atoms with van der Waals surface area (Å²) in [6, 6.07) is 14.8. The van der Waals surface area contributed by atoms with Crippen molar-refractivity contribution < 1.29 is 14.4 Å². The number of carbonyl (C=O) groups excluding carboxylic acids is 3. The first-order chi connectivity index (χ1) is 22.3. The Kier molecular flexibility index (Phi) is 9.46. The molecule has 0 spiro atoms. The number of hydrogen-bond acceptors (Lipinski definition) is 6. The van der Waals surface area contributed by atoms with Gasteiger partial charge in [-0.3, -0.25) is 14.4 Å². The first kappa shape index (κ1) is 33.9.